The summed E-state index contributed by atoms with van der Waals surface area (Å²) < 4.78 is 0. The highest BCUT2D eigenvalue weighted by atomic mass is 16.3. The zero-order valence-electron chi connectivity index (χ0n) is 11.4. The van der Waals surface area contributed by atoms with Crippen LogP contribution in [0, 0.1) is 17.2 Å². The smallest absolute Gasteiger partial charge is 0.143 e. The molecule has 0 unspecified atom stereocenters. The third-order valence-electron chi connectivity index (χ3n) is 4.13. The fourth-order valence-electron chi connectivity index (χ4n) is 2.68. The molecule has 0 spiro atoms. The zero-order chi connectivity index (χ0) is 13.7. The molecule has 2 rings (SSSR count). The van der Waals surface area contributed by atoms with Gasteiger partial charge in [0.25, 0.3) is 0 Å². The molecule has 0 aromatic carbocycles. The third-order valence-corrected chi connectivity index (χ3v) is 4.13. The van der Waals surface area contributed by atoms with E-state index in [0.717, 1.165) is 31.6 Å². The molecule has 19 heavy (non-hydrogen) atoms. The molecule has 1 saturated carbocycles. The number of aliphatic hydroxyl groups is 1. The predicted molar refractivity (Wildman–Crippen MR) is 74.6 cm³/mol. The van der Waals surface area contributed by atoms with Crippen LogP contribution in [0.3, 0.4) is 0 Å². The number of rotatable bonds is 4. The van der Waals surface area contributed by atoms with Gasteiger partial charge in [0.2, 0.25) is 0 Å². The van der Waals surface area contributed by atoms with Gasteiger partial charge in [-0.05, 0) is 43.7 Å². The Kier molecular flexibility index (Phi) is 4.39. The lowest BCUT2D eigenvalue weighted by Crippen LogP contribution is -2.40. The summed E-state index contributed by atoms with van der Waals surface area (Å²) in [6, 6.07) is 5.58. The number of aromatic nitrogens is 1. The Hall–Kier alpha value is -1.60. The van der Waals surface area contributed by atoms with Crippen LogP contribution in [0.1, 0.15) is 44.6 Å². The number of hydrogen-bond acceptors (Lipinski definition) is 4. The van der Waals surface area contributed by atoms with Crippen molar-refractivity contribution in [1.82, 2.24) is 4.98 Å². The zero-order valence-corrected chi connectivity index (χ0v) is 11.4. The van der Waals surface area contributed by atoms with Crippen LogP contribution >= 0.6 is 0 Å². The van der Waals surface area contributed by atoms with E-state index in [-0.39, 0.29) is 0 Å². The average molecular weight is 259 g/mol. The van der Waals surface area contributed by atoms with Crippen LogP contribution in [0.5, 0.6) is 0 Å². The Labute approximate surface area is 114 Å². The first kappa shape index (κ1) is 13.8. The van der Waals surface area contributed by atoms with Gasteiger partial charge < -0.3 is 10.4 Å². The van der Waals surface area contributed by atoms with Crippen molar-refractivity contribution >= 4 is 5.82 Å². The molecular formula is C15H21N3O. The van der Waals surface area contributed by atoms with Crippen LogP contribution in [0.2, 0.25) is 0 Å². The number of nitrogens with one attached hydrogen (secondary N) is 1. The minimum atomic E-state index is -0.657. The van der Waals surface area contributed by atoms with Crippen molar-refractivity contribution in [3.05, 3.63) is 23.9 Å². The van der Waals surface area contributed by atoms with Crippen LogP contribution in [0.4, 0.5) is 5.82 Å². The van der Waals surface area contributed by atoms with Crippen molar-refractivity contribution < 1.29 is 5.11 Å². The molecule has 4 nitrogen and oxygen atoms in total. The quantitative estimate of drug-likeness (QED) is 0.872. The Bertz CT molecular complexity index is 459. The second kappa shape index (κ2) is 6.03. The van der Waals surface area contributed by atoms with E-state index >= 15 is 0 Å². The summed E-state index contributed by atoms with van der Waals surface area (Å²) in [6.07, 6.45) is 6.67. The third kappa shape index (κ3) is 3.45. The van der Waals surface area contributed by atoms with Crippen molar-refractivity contribution in [2.75, 3.05) is 11.9 Å². The molecule has 102 valence electrons. The molecule has 1 fully saturated rings. The lowest BCUT2D eigenvalue weighted by atomic mass is 9.78. The van der Waals surface area contributed by atoms with E-state index in [1.807, 2.05) is 0 Å². The van der Waals surface area contributed by atoms with Crippen LogP contribution < -0.4 is 5.32 Å². The fraction of sp³-hybridized carbons (Fsp3) is 0.600. The maximum absolute atomic E-state index is 10.5. The van der Waals surface area contributed by atoms with Gasteiger partial charge in [0.15, 0.2) is 0 Å². The molecule has 0 bridgehead atoms. The molecular weight excluding hydrogens is 238 g/mol. The summed E-state index contributed by atoms with van der Waals surface area (Å²) in [5.74, 6) is 1.32. The molecule has 1 aliphatic carbocycles. The second-order valence-corrected chi connectivity index (χ2v) is 5.44. The first-order chi connectivity index (χ1) is 9.17. The van der Waals surface area contributed by atoms with Gasteiger partial charge in [0.1, 0.15) is 11.9 Å². The lowest BCUT2D eigenvalue weighted by Gasteiger charge is -2.36. The highest BCUT2D eigenvalue weighted by Crippen LogP contribution is 2.33. The molecule has 1 aliphatic rings. The normalized spacial score (nSPS) is 26.7. The van der Waals surface area contributed by atoms with Gasteiger partial charge in [-0.1, -0.05) is 13.3 Å². The summed E-state index contributed by atoms with van der Waals surface area (Å²) in [4.78, 5) is 4.15. The number of pyridine rings is 1. The van der Waals surface area contributed by atoms with E-state index in [4.69, 9.17) is 5.26 Å². The topological polar surface area (TPSA) is 68.9 Å². The largest absolute Gasteiger partial charge is 0.388 e. The number of hydrogen-bond donors (Lipinski definition) is 2. The van der Waals surface area contributed by atoms with Crippen molar-refractivity contribution in [3.8, 4) is 6.07 Å². The van der Waals surface area contributed by atoms with Crippen molar-refractivity contribution in [2.24, 2.45) is 5.92 Å². The van der Waals surface area contributed by atoms with E-state index in [2.05, 4.69) is 23.3 Å². The maximum Gasteiger partial charge on any atom is 0.143 e. The van der Waals surface area contributed by atoms with Gasteiger partial charge in [-0.25, -0.2) is 4.98 Å². The highest BCUT2D eigenvalue weighted by molar-refractivity contribution is 5.51. The Morgan fingerprint density at radius 2 is 2.26 bits per heavy atom. The van der Waals surface area contributed by atoms with Gasteiger partial charge in [0, 0.05) is 12.7 Å². The minimum absolute atomic E-state index is 0.467. The number of nitrogens with zero attached hydrogens (tertiary/aromatic N) is 2. The molecule has 4 heteroatoms. The molecule has 0 radical (unpaired) electrons. The Balaban J connectivity index is 1.94. The van der Waals surface area contributed by atoms with E-state index in [0.29, 0.717) is 17.9 Å². The van der Waals surface area contributed by atoms with Crippen LogP contribution in [0.25, 0.3) is 0 Å². The van der Waals surface area contributed by atoms with Gasteiger partial charge in [-0.2, -0.15) is 5.26 Å². The fourth-order valence-corrected chi connectivity index (χ4v) is 2.68. The molecule has 1 aromatic rings. The molecule has 0 atom stereocenters. The summed E-state index contributed by atoms with van der Waals surface area (Å²) in [7, 11) is 0. The van der Waals surface area contributed by atoms with E-state index in [9.17, 15) is 5.11 Å². The van der Waals surface area contributed by atoms with E-state index in [1.165, 1.54) is 6.42 Å². The summed E-state index contributed by atoms with van der Waals surface area (Å²) in [5.41, 5.74) is -0.135. The molecule has 1 aromatic heterocycles. The van der Waals surface area contributed by atoms with Gasteiger partial charge in [-0.3, -0.25) is 0 Å². The van der Waals surface area contributed by atoms with Gasteiger partial charge in [-0.15, -0.1) is 0 Å². The summed E-state index contributed by atoms with van der Waals surface area (Å²) in [6.45, 7) is 2.68. The summed E-state index contributed by atoms with van der Waals surface area (Å²) >= 11 is 0. The SMILES string of the molecule is CCC1CCC(O)(CNc2ncccc2C#N)CC1. The van der Waals surface area contributed by atoms with Gasteiger partial charge >= 0.3 is 0 Å². The molecule has 1 heterocycles. The maximum atomic E-state index is 10.5. The number of anilines is 1. The van der Waals surface area contributed by atoms with E-state index in [1.54, 1.807) is 18.3 Å². The minimum Gasteiger partial charge on any atom is -0.388 e. The first-order valence-electron chi connectivity index (χ1n) is 6.98. The van der Waals surface area contributed by atoms with Crippen molar-refractivity contribution in [3.63, 3.8) is 0 Å². The highest BCUT2D eigenvalue weighted by Gasteiger charge is 2.32. The predicted octanol–water partition coefficient (Wildman–Crippen LogP) is 2.70. The van der Waals surface area contributed by atoms with Crippen LogP contribution in [-0.2, 0) is 0 Å². The molecule has 2 N–H and O–H groups in total. The average Bonchev–Trinajstić information content (AvgIpc) is 2.46. The molecule has 0 amide bonds. The number of nitriles is 1. The Morgan fingerprint density at radius 3 is 2.89 bits per heavy atom. The Morgan fingerprint density at radius 1 is 1.53 bits per heavy atom. The van der Waals surface area contributed by atoms with Crippen molar-refractivity contribution in [1.29, 1.82) is 5.26 Å². The lowest BCUT2D eigenvalue weighted by molar-refractivity contribution is 0.00223. The van der Waals surface area contributed by atoms with E-state index < -0.39 is 5.60 Å². The summed E-state index contributed by atoms with van der Waals surface area (Å²) in [5, 5.41) is 22.7. The van der Waals surface area contributed by atoms with Crippen LogP contribution in [0.15, 0.2) is 18.3 Å². The first-order valence-corrected chi connectivity index (χ1v) is 6.98. The standard InChI is InChI=1S/C15H21N3O/c1-2-12-5-7-15(19,8-6-12)11-18-14-13(10-16)4-3-9-17-14/h3-4,9,12,19H,2,5-8,11H2,1H3,(H,17,18). The molecule has 0 aliphatic heterocycles. The van der Waals surface area contributed by atoms with Crippen LogP contribution in [-0.4, -0.2) is 22.2 Å². The van der Waals surface area contributed by atoms with Crippen molar-refractivity contribution in [2.45, 2.75) is 44.6 Å². The monoisotopic (exact) mass is 259 g/mol. The molecule has 0 saturated heterocycles. The van der Waals surface area contributed by atoms with Gasteiger partial charge in [0.05, 0.1) is 11.2 Å². The second-order valence-electron chi connectivity index (χ2n) is 5.44.